The summed E-state index contributed by atoms with van der Waals surface area (Å²) in [5, 5.41) is 15.2. The Kier molecular flexibility index (Phi) is 8.94. The summed E-state index contributed by atoms with van der Waals surface area (Å²) in [5.74, 6) is -0.210. The minimum Gasteiger partial charge on any atom is -0.351 e. The average molecular weight is 373 g/mol. The van der Waals surface area contributed by atoms with E-state index in [1.807, 2.05) is 31.3 Å². The molecule has 8 heteroatoms. The highest BCUT2D eigenvalue weighted by Gasteiger charge is 2.09. The molecule has 1 aromatic heterocycles. The molecule has 0 saturated heterocycles. The van der Waals surface area contributed by atoms with Crippen LogP contribution in [0.15, 0.2) is 46.3 Å². The van der Waals surface area contributed by atoms with E-state index in [-0.39, 0.29) is 18.3 Å². The van der Waals surface area contributed by atoms with Gasteiger partial charge in [-0.25, -0.2) is 0 Å². The molecule has 1 heterocycles. The zero-order valence-corrected chi connectivity index (χ0v) is 15.0. The van der Waals surface area contributed by atoms with Crippen LogP contribution in [0.4, 0.5) is 0 Å². The fourth-order valence-corrected chi connectivity index (χ4v) is 2.70. The second kappa shape index (κ2) is 10.4. The van der Waals surface area contributed by atoms with Crippen LogP contribution >= 0.6 is 35.8 Å². The molecule has 1 amide bonds. The molecule has 0 aliphatic heterocycles. The number of nitrogens with zero attached hydrogens (tertiary/aromatic N) is 2. The van der Waals surface area contributed by atoms with Crippen molar-refractivity contribution in [3.05, 3.63) is 47.1 Å². The first-order valence-electron chi connectivity index (χ1n) is 6.89. The zero-order chi connectivity index (χ0) is 15.8. The van der Waals surface area contributed by atoms with Gasteiger partial charge in [-0.3, -0.25) is 4.79 Å². The zero-order valence-electron chi connectivity index (χ0n) is 12.6. The lowest BCUT2D eigenvalue weighted by Crippen LogP contribution is -2.27. The first kappa shape index (κ1) is 19.7. The Morgan fingerprint density at radius 1 is 1.17 bits per heavy atom. The first-order valence-corrected chi connectivity index (χ1v) is 8.09. The van der Waals surface area contributed by atoms with Crippen LogP contribution in [0.25, 0.3) is 0 Å². The number of halogens is 2. The maximum Gasteiger partial charge on any atom is 0.271 e. The monoisotopic (exact) mass is 372 g/mol. The molecule has 23 heavy (non-hydrogen) atoms. The van der Waals surface area contributed by atoms with E-state index >= 15 is 0 Å². The summed E-state index contributed by atoms with van der Waals surface area (Å²) >= 11 is 7.51. The Morgan fingerprint density at radius 2 is 1.96 bits per heavy atom. The highest BCUT2D eigenvalue weighted by molar-refractivity contribution is 7.99. The highest BCUT2D eigenvalue weighted by atomic mass is 35.5. The Morgan fingerprint density at radius 3 is 2.61 bits per heavy atom. The molecule has 0 aliphatic carbocycles. The molecular formula is C15H18Cl2N4OS. The van der Waals surface area contributed by atoms with Gasteiger partial charge >= 0.3 is 0 Å². The van der Waals surface area contributed by atoms with E-state index in [0.717, 1.165) is 17.9 Å². The lowest BCUT2D eigenvalue weighted by Gasteiger charge is -2.05. The molecule has 0 saturated carbocycles. The summed E-state index contributed by atoms with van der Waals surface area (Å²) < 4.78 is 0. The van der Waals surface area contributed by atoms with Gasteiger partial charge in [0.25, 0.3) is 5.91 Å². The lowest BCUT2D eigenvalue weighted by atomic mass is 10.3. The molecule has 2 aromatic rings. The van der Waals surface area contributed by atoms with Gasteiger partial charge in [0.1, 0.15) is 5.03 Å². The average Bonchev–Trinajstić information content (AvgIpc) is 2.54. The Bertz CT molecular complexity index is 625. The van der Waals surface area contributed by atoms with Gasteiger partial charge in [-0.15, -0.1) is 22.6 Å². The van der Waals surface area contributed by atoms with E-state index in [1.54, 1.807) is 12.1 Å². The van der Waals surface area contributed by atoms with Crippen molar-refractivity contribution in [1.82, 2.24) is 20.8 Å². The molecule has 124 valence electrons. The van der Waals surface area contributed by atoms with Crippen molar-refractivity contribution < 1.29 is 4.79 Å². The molecular weight excluding hydrogens is 355 g/mol. The number of hydrogen-bond acceptors (Lipinski definition) is 5. The molecule has 0 fully saturated rings. The van der Waals surface area contributed by atoms with E-state index in [2.05, 4.69) is 20.8 Å². The highest BCUT2D eigenvalue weighted by Crippen LogP contribution is 2.31. The number of benzene rings is 1. The fraction of sp³-hybridized carbons (Fsp3) is 0.267. The van der Waals surface area contributed by atoms with E-state index in [1.165, 1.54) is 11.8 Å². The predicted molar refractivity (Wildman–Crippen MR) is 95.7 cm³/mol. The molecule has 2 rings (SSSR count). The quantitative estimate of drug-likeness (QED) is 0.731. The molecule has 2 N–H and O–H groups in total. The van der Waals surface area contributed by atoms with Gasteiger partial charge in [0.05, 0.1) is 5.02 Å². The standard InChI is InChI=1S/C15H17ClN4OS.ClH/c1-17-9-4-10-18-15(21)12-7-8-14(20-19-12)22-13-6-3-2-5-11(13)16;/h2-3,5-8,17H,4,9-10H2,1H3,(H,18,21);1H. The topological polar surface area (TPSA) is 66.9 Å². The number of carbonyl (C=O) groups excluding carboxylic acids is 1. The van der Waals surface area contributed by atoms with E-state index in [4.69, 9.17) is 11.6 Å². The number of hydrogen-bond donors (Lipinski definition) is 2. The van der Waals surface area contributed by atoms with Crippen molar-refractivity contribution in [2.24, 2.45) is 0 Å². The normalized spacial score (nSPS) is 10.0. The van der Waals surface area contributed by atoms with Crippen molar-refractivity contribution in [3.63, 3.8) is 0 Å². The Hall–Kier alpha value is -1.34. The maximum absolute atomic E-state index is 11.9. The van der Waals surface area contributed by atoms with Crippen LogP contribution in [0.2, 0.25) is 5.02 Å². The molecule has 0 bridgehead atoms. The Balaban J connectivity index is 0.00000264. The predicted octanol–water partition coefficient (Wildman–Crippen LogP) is 3.04. The summed E-state index contributed by atoms with van der Waals surface area (Å²) in [4.78, 5) is 12.8. The van der Waals surface area contributed by atoms with Gasteiger partial charge < -0.3 is 10.6 Å². The lowest BCUT2D eigenvalue weighted by molar-refractivity contribution is 0.0947. The van der Waals surface area contributed by atoms with Crippen molar-refractivity contribution in [2.75, 3.05) is 20.1 Å². The fourth-order valence-electron chi connectivity index (χ4n) is 1.69. The summed E-state index contributed by atoms with van der Waals surface area (Å²) in [6.45, 7) is 1.47. The van der Waals surface area contributed by atoms with Crippen LogP contribution in [0, 0.1) is 0 Å². The van der Waals surface area contributed by atoms with E-state index < -0.39 is 0 Å². The number of aromatic nitrogens is 2. The van der Waals surface area contributed by atoms with Crippen molar-refractivity contribution in [1.29, 1.82) is 0 Å². The Labute approximate surface area is 151 Å². The third kappa shape index (κ3) is 6.35. The summed E-state index contributed by atoms with van der Waals surface area (Å²) in [7, 11) is 1.88. The summed E-state index contributed by atoms with van der Waals surface area (Å²) in [6.07, 6.45) is 0.871. The molecule has 0 radical (unpaired) electrons. The molecule has 0 unspecified atom stereocenters. The maximum atomic E-state index is 11.9. The molecule has 1 aromatic carbocycles. The van der Waals surface area contributed by atoms with Gasteiger partial charge in [-0.2, -0.15) is 0 Å². The summed E-state index contributed by atoms with van der Waals surface area (Å²) in [6, 6.07) is 11.0. The second-order valence-electron chi connectivity index (χ2n) is 4.50. The van der Waals surface area contributed by atoms with E-state index in [0.29, 0.717) is 22.3 Å². The number of amides is 1. The molecule has 0 spiro atoms. The SMILES string of the molecule is CNCCCNC(=O)c1ccc(Sc2ccccc2Cl)nn1.Cl. The van der Waals surface area contributed by atoms with Gasteiger partial charge in [-0.05, 0) is 44.3 Å². The van der Waals surface area contributed by atoms with Gasteiger partial charge in [0.2, 0.25) is 0 Å². The minimum absolute atomic E-state index is 0. The van der Waals surface area contributed by atoms with Crippen LogP contribution in [-0.2, 0) is 0 Å². The van der Waals surface area contributed by atoms with E-state index in [9.17, 15) is 4.79 Å². The van der Waals surface area contributed by atoms with Crippen LogP contribution in [-0.4, -0.2) is 36.2 Å². The molecule has 0 aliphatic rings. The van der Waals surface area contributed by atoms with Crippen LogP contribution in [0.1, 0.15) is 16.9 Å². The first-order chi connectivity index (χ1) is 10.7. The van der Waals surface area contributed by atoms with Crippen LogP contribution < -0.4 is 10.6 Å². The van der Waals surface area contributed by atoms with Gasteiger partial charge in [0.15, 0.2) is 5.69 Å². The minimum atomic E-state index is -0.210. The van der Waals surface area contributed by atoms with Gasteiger partial charge in [-0.1, -0.05) is 35.5 Å². The largest absolute Gasteiger partial charge is 0.351 e. The van der Waals surface area contributed by atoms with Crippen molar-refractivity contribution in [2.45, 2.75) is 16.3 Å². The number of carbonyl (C=O) groups is 1. The number of nitrogens with one attached hydrogen (secondary N) is 2. The third-order valence-corrected chi connectivity index (χ3v) is 4.26. The van der Waals surface area contributed by atoms with Crippen molar-refractivity contribution in [3.8, 4) is 0 Å². The van der Waals surface area contributed by atoms with Crippen LogP contribution in [0.5, 0.6) is 0 Å². The molecule has 5 nitrogen and oxygen atoms in total. The molecule has 0 atom stereocenters. The smallest absolute Gasteiger partial charge is 0.271 e. The number of rotatable bonds is 7. The van der Waals surface area contributed by atoms with Crippen LogP contribution in [0.3, 0.4) is 0 Å². The summed E-state index contributed by atoms with van der Waals surface area (Å²) in [5.41, 5.74) is 0.313. The second-order valence-corrected chi connectivity index (χ2v) is 5.97. The third-order valence-electron chi connectivity index (χ3n) is 2.81. The van der Waals surface area contributed by atoms with Crippen molar-refractivity contribution >= 4 is 41.7 Å². The van der Waals surface area contributed by atoms with Gasteiger partial charge in [0, 0.05) is 11.4 Å².